The van der Waals surface area contributed by atoms with Crippen LogP contribution in [0.1, 0.15) is 118 Å². The van der Waals surface area contributed by atoms with Crippen LogP contribution >= 0.6 is 0 Å². The summed E-state index contributed by atoms with van der Waals surface area (Å²) in [6.45, 7) is 15.6. The summed E-state index contributed by atoms with van der Waals surface area (Å²) in [6, 6.07) is 0. The van der Waals surface area contributed by atoms with Crippen molar-refractivity contribution in [3.05, 3.63) is 46.6 Å². The summed E-state index contributed by atoms with van der Waals surface area (Å²) >= 11 is 0. The standard InChI is InChI=1S/C41H59NO8/c1-23-7-9-33(43)37-39(21-26(4)27(5)22-42-37)13-12-31(35-19-25(3)38(46)47-35)28(6)32(39)18-24(2)34(44)20-30-11-14-40(48-30)15-16-41(50-40)36(45)10-8-29(17-23)49-41/h18-19,26-27,29-30,32-36,43-45H,1,7-17,20-22H2,2-6H3/b24-18+. The Morgan fingerprint density at radius 2 is 1.68 bits per heavy atom. The molecule has 7 rings (SSSR count). The number of allylic oxidation sites excluding steroid dienone is 2. The molecular weight excluding hydrogens is 634 g/mol. The lowest BCUT2D eigenvalue weighted by Crippen LogP contribution is -2.52. The molecule has 6 heterocycles. The highest BCUT2D eigenvalue weighted by atomic mass is 16.8. The minimum atomic E-state index is -1.09. The van der Waals surface area contributed by atoms with Crippen molar-refractivity contribution in [2.75, 3.05) is 6.54 Å². The maximum atomic E-state index is 12.5. The van der Waals surface area contributed by atoms with Gasteiger partial charge in [-0.2, -0.15) is 0 Å². The number of cyclic esters (lactones) is 1. The van der Waals surface area contributed by atoms with Crippen molar-refractivity contribution in [3.8, 4) is 0 Å². The Balaban J connectivity index is 1.28. The predicted octanol–water partition coefficient (Wildman–Crippen LogP) is 6.41. The fraction of sp³-hybridized carbons (Fsp3) is 0.756. The van der Waals surface area contributed by atoms with Gasteiger partial charge in [0, 0.05) is 54.8 Å². The molecule has 3 N–H and O–H groups in total. The largest absolute Gasteiger partial charge is 0.450 e. The average Bonchev–Trinajstić information content (AvgIpc) is 3.72. The molecule has 6 aliphatic heterocycles. The summed E-state index contributed by atoms with van der Waals surface area (Å²) in [4.78, 5) is 17.8. The van der Waals surface area contributed by atoms with Crippen LogP contribution in [0.5, 0.6) is 0 Å². The Bertz CT molecular complexity index is 1500. The van der Waals surface area contributed by atoms with Crippen molar-refractivity contribution in [2.24, 2.45) is 28.2 Å². The molecule has 0 radical (unpaired) electrons. The van der Waals surface area contributed by atoms with E-state index in [1.165, 1.54) is 0 Å². The van der Waals surface area contributed by atoms with Gasteiger partial charge >= 0.3 is 5.97 Å². The SMILES string of the molecule is C=C1CCC(O)C2=NCC(C)C(C)CC23CCC(C2C=C(C)C(=O)O2)=C(C)C3/C=C(\C)C(O)CC2CCC3(CCC4(OC(CCC4O)C1)O3)O2. The predicted molar refractivity (Wildman–Crippen MR) is 190 cm³/mol. The monoisotopic (exact) mass is 693 g/mol. The van der Waals surface area contributed by atoms with Gasteiger partial charge in [-0.05, 0) is 108 Å². The van der Waals surface area contributed by atoms with Gasteiger partial charge in [0.25, 0.3) is 0 Å². The minimum Gasteiger partial charge on any atom is -0.450 e. The highest BCUT2D eigenvalue weighted by molar-refractivity contribution is 5.95. The number of esters is 1. The van der Waals surface area contributed by atoms with Crippen LogP contribution in [0.25, 0.3) is 0 Å². The second-order valence-corrected chi connectivity index (χ2v) is 17.0. The van der Waals surface area contributed by atoms with Crippen LogP contribution in [-0.4, -0.2) is 81.7 Å². The first-order chi connectivity index (χ1) is 23.7. The molecule has 0 aromatic rings. The molecule has 0 amide bonds. The first-order valence-corrected chi connectivity index (χ1v) is 19.3. The van der Waals surface area contributed by atoms with E-state index in [2.05, 4.69) is 33.4 Å². The molecule has 9 heteroatoms. The van der Waals surface area contributed by atoms with Crippen molar-refractivity contribution >= 4 is 11.7 Å². The molecule has 4 bridgehead atoms. The molecule has 0 aromatic carbocycles. The lowest BCUT2D eigenvalue weighted by molar-refractivity contribution is -0.363. The van der Waals surface area contributed by atoms with E-state index < -0.39 is 41.4 Å². The van der Waals surface area contributed by atoms with Gasteiger partial charge in [0.2, 0.25) is 0 Å². The molecule has 3 saturated heterocycles. The topological polar surface area (TPSA) is 127 Å². The number of fused-ring (bicyclic) bond motifs is 2. The Morgan fingerprint density at radius 1 is 0.880 bits per heavy atom. The van der Waals surface area contributed by atoms with Gasteiger partial charge in [-0.15, -0.1) is 0 Å². The Labute approximate surface area is 297 Å². The summed E-state index contributed by atoms with van der Waals surface area (Å²) in [5.74, 6) is -1.61. The summed E-state index contributed by atoms with van der Waals surface area (Å²) in [5.41, 5.74) is 5.14. The number of nitrogens with zero attached hydrogens (tertiary/aromatic N) is 1. The number of aliphatic hydroxyl groups is 3. The third kappa shape index (κ3) is 6.53. The van der Waals surface area contributed by atoms with E-state index in [-0.39, 0.29) is 24.1 Å². The van der Waals surface area contributed by atoms with Crippen LogP contribution in [0.4, 0.5) is 0 Å². The van der Waals surface area contributed by atoms with E-state index in [0.29, 0.717) is 81.7 Å². The quantitative estimate of drug-likeness (QED) is 0.213. The van der Waals surface area contributed by atoms with Crippen LogP contribution in [-0.2, 0) is 23.7 Å². The summed E-state index contributed by atoms with van der Waals surface area (Å²) in [7, 11) is 0. The molecule has 50 heavy (non-hydrogen) atoms. The Hall–Kier alpha value is -2.14. The molecule has 1 aliphatic carbocycles. The van der Waals surface area contributed by atoms with Crippen molar-refractivity contribution < 1.29 is 39.1 Å². The molecular formula is C41H59NO8. The number of aliphatic imine (C=N–C) groups is 1. The Kier molecular flexibility index (Phi) is 9.92. The first-order valence-electron chi connectivity index (χ1n) is 19.3. The Morgan fingerprint density at radius 3 is 2.44 bits per heavy atom. The molecule has 12 atom stereocenters. The second kappa shape index (κ2) is 13.7. The lowest BCUT2D eigenvalue weighted by Gasteiger charge is -2.48. The normalized spacial score (nSPS) is 47.0. The lowest BCUT2D eigenvalue weighted by atomic mass is 9.56. The highest BCUT2D eigenvalue weighted by Gasteiger charge is 2.59. The fourth-order valence-electron chi connectivity index (χ4n) is 10.3. The van der Waals surface area contributed by atoms with E-state index in [9.17, 15) is 20.1 Å². The average molecular weight is 694 g/mol. The number of rotatable bonds is 1. The molecule has 3 spiro atoms. The number of ether oxygens (including phenoxy) is 4. The van der Waals surface area contributed by atoms with E-state index in [0.717, 1.165) is 53.7 Å². The van der Waals surface area contributed by atoms with Crippen molar-refractivity contribution in [3.63, 3.8) is 0 Å². The smallest absolute Gasteiger partial charge is 0.334 e. The molecule has 7 aliphatic rings. The van der Waals surface area contributed by atoms with Gasteiger partial charge in [-0.1, -0.05) is 37.6 Å². The fourth-order valence-corrected chi connectivity index (χ4v) is 10.3. The van der Waals surface area contributed by atoms with Gasteiger partial charge in [-0.25, -0.2) is 4.79 Å². The second-order valence-electron chi connectivity index (χ2n) is 17.0. The summed E-state index contributed by atoms with van der Waals surface area (Å²) in [5, 5.41) is 35.1. The zero-order valence-corrected chi connectivity index (χ0v) is 30.8. The van der Waals surface area contributed by atoms with E-state index in [4.69, 9.17) is 23.9 Å². The minimum absolute atomic E-state index is 0.134. The van der Waals surface area contributed by atoms with E-state index in [1.54, 1.807) is 6.92 Å². The number of carbonyl (C=O) groups is 1. The highest BCUT2D eigenvalue weighted by Crippen LogP contribution is 2.55. The molecule has 3 fully saturated rings. The van der Waals surface area contributed by atoms with Crippen LogP contribution < -0.4 is 0 Å². The maximum absolute atomic E-state index is 12.5. The van der Waals surface area contributed by atoms with Crippen LogP contribution in [0, 0.1) is 23.2 Å². The van der Waals surface area contributed by atoms with Crippen LogP contribution in [0.2, 0.25) is 0 Å². The molecule has 9 nitrogen and oxygen atoms in total. The third-order valence-electron chi connectivity index (χ3n) is 13.5. The van der Waals surface area contributed by atoms with Crippen LogP contribution in [0.3, 0.4) is 0 Å². The van der Waals surface area contributed by atoms with Crippen molar-refractivity contribution in [2.45, 2.75) is 166 Å². The number of carbonyl (C=O) groups excluding carboxylic acids is 1. The first kappa shape index (κ1) is 36.2. The van der Waals surface area contributed by atoms with Gasteiger partial charge in [0.1, 0.15) is 12.2 Å². The number of aliphatic hydroxyl groups excluding tert-OH is 3. The van der Waals surface area contributed by atoms with Crippen molar-refractivity contribution in [1.29, 1.82) is 0 Å². The molecule has 12 unspecified atom stereocenters. The number of hydrogen-bond donors (Lipinski definition) is 3. The zero-order valence-electron chi connectivity index (χ0n) is 30.8. The number of hydrogen-bond acceptors (Lipinski definition) is 9. The maximum Gasteiger partial charge on any atom is 0.334 e. The van der Waals surface area contributed by atoms with Gasteiger partial charge < -0.3 is 34.3 Å². The molecule has 0 aromatic heterocycles. The van der Waals surface area contributed by atoms with Crippen molar-refractivity contribution in [1.82, 2.24) is 0 Å². The van der Waals surface area contributed by atoms with Crippen LogP contribution in [0.15, 0.2) is 51.6 Å². The third-order valence-corrected chi connectivity index (χ3v) is 13.5. The summed E-state index contributed by atoms with van der Waals surface area (Å²) < 4.78 is 25.7. The molecule has 0 saturated carbocycles. The van der Waals surface area contributed by atoms with Gasteiger partial charge in [0.15, 0.2) is 11.6 Å². The molecule has 276 valence electrons. The zero-order chi connectivity index (χ0) is 35.6. The summed E-state index contributed by atoms with van der Waals surface area (Å²) in [6.07, 6.45) is 9.74. The van der Waals surface area contributed by atoms with E-state index >= 15 is 0 Å². The van der Waals surface area contributed by atoms with E-state index in [1.807, 2.05) is 13.0 Å². The van der Waals surface area contributed by atoms with Gasteiger partial charge in [-0.3, -0.25) is 4.99 Å². The van der Waals surface area contributed by atoms with Gasteiger partial charge in [0.05, 0.1) is 24.4 Å².